The Balaban J connectivity index is 1.92. The molecule has 0 saturated carbocycles. The number of nitrogens with one attached hydrogen (secondary N) is 2. The van der Waals surface area contributed by atoms with Gasteiger partial charge in [-0.25, -0.2) is 4.98 Å². The second-order valence-electron chi connectivity index (χ2n) is 4.05. The van der Waals surface area contributed by atoms with E-state index < -0.39 is 0 Å². The number of anilines is 1. The molecule has 19 heavy (non-hydrogen) atoms. The van der Waals surface area contributed by atoms with Gasteiger partial charge in [-0.05, 0) is 34.1 Å². The molecule has 3 rings (SSSR count). The van der Waals surface area contributed by atoms with Gasteiger partial charge in [0.05, 0.1) is 5.56 Å². The number of hydrogen-bond acceptors (Lipinski definition) is 2. The molecule has 0 aliphatic heterocycles. The molecule has 2 aromatic heterocycles. The molecule has 0 atom stereocenters. The molecule has 2 heterocycles. The molecule has 3 aromatic rings. The first-order valence-electron chi connectivity index (χ1n) is 5.74. The van der Waals surface area contributed by atoms with Gasteiger partial charge >= 0.3 is 0 Å². The van der Waals surface area contributed by atoms with E-state index in [1.165, 1.54) is 0 Å². The lowest BCUT2D eigenvalue weighted by Crippen LogP contribution is -2.12. The maximum atomic E-state index is 12.2. The van der Waals surface area contributed by atoms with E-state index in [9.17, 15) is 4.79 Å². The Kier molecular flexibility index (Phi) is 3.05. The molecule has 1 amide bonds. The Hall–Kier alpha value is -2.14. The summed E-state index contributed by atoms with van der Waals surface area (Å²) in [5.41, 5.74) is 1.55. The molecule has 0 fully saturated rings. The number of fused-ring (bicyclic) bond motifs is 1. The van der Waals surface area contributed by atoms with E-state index in [0.717, 1.165) is 10.9 Å². The number of para-hydroxylation sites is 1. The molecule has 5 heteroatoms. The summed E-state index contributed by atoms with van der Waals surface area (Å²) in [6, 6.07) is 13.1. The van der Waals surface area contributed by atoms with Gasteiger partial charge in [0.1, 0.15) is 10.4 Å². The first-order chi connectivity index (χ1) is 9.24. The van der Waals surface area contributed by atoms with E-state index in [0.29, 0.717) is 16.0 Å². The van der Waals surface area contributed by atoms with E-state index in [-0.39, 0.29) is 5.91 Å². The standard InChI is InChI=1S/C14H10BrN3O/c15-12-6-3-7-13(17-12)18-14(19)10-8-16-11-5-2-1-4-9(10)11/h1-8,16H,(H,17,18,19). The average Bonchev–Trinajstić information content (AvgIpc) is 2.82. The van der Waals surface area contributed by atoms with Crippen molar-refractivity contribution in [2.45, 2.75) is 0 Å². The van der Waals surface area contributed by atoms with E-state index in [1.54, 1.807) is 18.3 Å². The van der Waals surface area contributed by atoms with E-state index in [4.69, 9.17) is 0 Å². The lowest BCUT2D eigenvalue weighted by molar-refractivity contribution is 0.102. The topological polar surface area (TPSA) is 57.8 Å². The zero-order valence-corrected chi connectivity index (χ0v) is 11.4. The number of aromatic nitrogens is 2. The molecule has 2 N–H and O–H groups in total. The number of carbonyl (C=O) groups is 1. The van der Waals surface area contributed by atoms with Crippen LogP contribution >= 0.6 is 15.9 Å². The fourth-order valence-corrected chi connectivity index (χ4v) is 2.26. The van der Waals surface area contributed by atoms with Crippen molar-refractivity contribution in [1.82, 2.24) is 9.97 Å². The summed E-state index contributed by atoms with van der Waals surface area (Å²) in [6.07, 6.45) is 1.71. The molecule has 0 radical (unpaired) electrons. The van der Waals surface area contributed by atoms with Crippen LogP contribution in [0.3, 0.4) is 0 Å². The quantitative estimate of drug-likeness (QED) is 0.710. The van der Waals surface area contributed by atoms with Gasteiger partial charge in [0.2, 0.25) is 0 Å². The predicted molar refractivity (Wildman–Crippen MR) is 78.2 cm³/mol. The molecular formula is C14H10BrN3O. The van der Waals surface area contributed by atoms with Gasteiger partial charge in [-0.15, -0.1) is 0 Å². The van der Waals surface area contributed by atoms with Crippen LogP contribution in [0, 0.1) is 0 Å². The van der Waals surface area contributed by atoms with Gasteiger partial charge in [0.15, 0.2) is 0 Å². The average molecular weight is 316 g/mol. The summed E-state index contributed by atoms with van der Waals surface area (Å²) in [7, 11) is 0. The van der Waals surface area contributed by atoms with Crippen LogP contribution in [0.4, 0.5) is 5.82 Å². The largest absolute Gasteiger partial charge is 0.360 e. The van der Waals surface area contributed by atoms with Crippen molar-refractivity contribution in [3.05, 3.63) is 58.8 Å². The highest BCUT2D eigenvalue weighted by Crippen LogP contribution is 2.19. The number of benzene rings is 1. The molecule has 0 spiro atoms. The Morgan fingerprint density at radius 3 is 2.84 bits per heavy atom. The van der Waals surface area contributed by atoms with Crippen molar-refractivity contribution in [1.29, 1.82) is 0 Å². The van der Waals surface area contributed by atoms with Gasteiger partial charge < -0.3 is 10.3 Å². The minimum atomic E-state index is -0.178. The Bertz CT molecular complexity index is 751. The highest BCUT2D eigenvalue weighted by atomic mass is 79.9. The van der Waals surface area contributed by atoms with Crippen LogP contribution in [0.25, 0.3) is 10.9 Å². The third-order valence-corrected chi connectivity index (χ3v) is 3.23. The number of pyridine rings is 1. The van der Waals surface area contributed by atoms with Crippen LogP contribution in [0.5, 0.6) is 0 Å². The Morgan fingerprint density at radius 1 is 1.16 bits per heavy atom. The van der Waals surface area contributed by atoms with Crippen LogP contribution in [0.15, 0.2) is 53.3 Å². The molecule has 0 saturated heterocycles. The number of amides is 1. The molecule has 4 nitrogen and oxygen atoms in total. The SMILES string of the molecule is O=C(Nc1cccc(Br)n1)c1c[nH]c2ccccc12. The van der Waals surface area contributed by atoms with Crippen LogP contribution in [0.1, 0.15) is 10.4 Å². The van der Waals surface area contributed by atoms with Gasteiger partial charge in [0.25, 0.3) is 5.91 Å². The lowest BCUT2D eigenvalue weighted by atomic mass is 10.1. The van der Waals surface area contributed by atoms with Crippen molar-refractivity contribution in [2.75, 3.05) is 5.32 Å². The van der Waals surface area contributed by atoms with Crippen molar-refractivity contribution in [2.24, 2.45) is 0 Å². The monoisotopic (exact) mass is 315 g/mol. The maximum absolute atomic E-state index is 12.2. The summed E-state index contributed by atoms with van der Waals surface area (Å²) < 4.78 is 0.684. The Labute approximate surface area is 118 Å². The van der Waals surface area contributed by atoms with Gasteiger partial charge in [-0.1, -0.05) is 24.3 Å². The molecule has 0 bridgehead atoms. The minimum absolute atomic E-state index is 0.178. The number of H-pyrrole nitrogens is 1. The van der Waals surface area contributed by atoms with Gasteiger partial charge in [-0.3, -0.25) is 4.79 Å². The second kappa shape index (κ2) is 4.85. The van der Waals surface area contributed by atoms with Gasteiger partial charge in [0, 0.05) is 17.1 Å². The van der Waals surface area contributed by atoms with Crippen molar-refractivity contribution in [3.8, 4) is 0 Å². The number of aromatic amines is 1. The first-order valence-corrected chi connectivity index (χ1v) is 6.53. The van der Waals surface area contributed by atoms with E-state index in [1.807, 2.05) is 30.3 Å². The summed E-state index contributed by atoms with van der Waals surface area (Å²) in [5.74, 6) is 0.340. The van der Waals surface area contributed by atoms with Crippen LogP contribution < -0.4 is 5.32 Å². The van der Waals surface area contributed by atoms with Crippen LogP contribution in [-0.4, -0.2) is 15.9 Å². The normalized spacial score (nSPS) is 10.6. The highest BCUT2D eigenvalue weighted by Gasteiger charge is 2.12. The summed E-state index contributed by atoms with van der Waals surface area (Å²) in [4.78, 5) is 19.5. The maximum Gasteiger partial charge on any atom is 0.258 e. The summed E-state index contributed by atoms with van der Waals surface area (Å²) in [6.45, 7) is 0. The molecule has 94 valence electrons. The predicted octanol–water partition coefficient (Wildman–Crippen LogP) is 3.58. The smallest absolute Gasteiger partial charge is 0.258 e. The van der Waals surface area contributed by atoms with E-state index >= 15 is 0 Å². The zero-order valence-electron chi connectivity index (χ0n) is 9.85. The van der Waals surface area contributed by atoms with Gasteiger partial charge in [-0.2, -0.15) is 0 Å². The minimum Gasteiger partial charge on any atom is -0.360 e. The highest BCUT2D eigenvalue weighted by molar-refractivity contribution is 9.10. The fraction of sp³-hybridized carbons (Fsp3) is 0. The lowest BCUT2D eigenvalue weighted by Gasteiger charge is -2.03. The molecule has 0 aliphatic carbocycles. The number of nitrogens with zero attached hydrogens (tertiary/aromatic N) is 1. The summed E-state index contributed by atoms with van der Waals surface area (Å²) >= 11 is 3.27. The third-order valence-electron chi connectivity index (χ3n) is 2.79. The molecule has 0 unspecified atom stereocenters. The number of hydrogen-bond donors (Lipinski definition) is 2. The summed E-state index contributed by atoms with van der Waals surface area (Å²) in [5, 5.41) is 3.68. The third kappa shape index (κ3) is 2.37. The van der Waals surface area contributed by atoms with E-state index in [2.05, 4.69) is 31.2 Å². The number of rotatable bonds is 2. The first kappa shape index (κ1) is 11.9. The molecular weight excluding hydrogens is 306 g/mol. The van der Waals surface area contributed by atoms with Crippen molar-refractivity contribution in [3.63, 3.8) is 0 Å². The van der Waals surface area contributed by atoms with Crippen LogP contribution in [-0.2, 0) is 0 Å². The Morgan fingerprint density at radius 2 is 2.00 bits per heavy atom. The van der Waals surface area contributed by atoms with Crippen molar-refractivity contribution < 1.29 is 4.79 Å². The number of carbonyl (C=O) groups excluding carboxylic acids is 1. The zero-order chi connectivity index (χ0) is 13.2. The molecule has 1 aromatic carbocycles. The number of halogens is 1. The molecule has 0 aliphatic rings. The fourth-order valence-electron chi connectivity index (χ4n) is 1.92. The second-order valence-corrected chi connectivity index (χ2v) is 4.86. The van der Waals surface area contributed by atoms with Crippen molar-refractivity contribution >= 4 is 38.6 Å². The van der Waals surface area contributed by atoms with Crippen LogP contribution in [0.2, 0.25) is 0 Å².